The van der Waals surface area contributed by atoms with Crippen molar-refractivity contribution in [1.29, 1.82) is 0 Å². The van der Waals surface area contributed by atoms with Crippen LogP contribution in [0.2, 0.25) is 0 Å². The summed E-state index contributed by atoms with van der Waals surface area (Å²) in [5.41, 5.74) is 1.00. The third-order valence-corrected chi connectivity index (χ3v) is 2.77. The molecule has 0 unspecified atom stereocenters. The van der Waals surface area contributed by atoms with Crippen LogP contribution in [0.25, 0.3) is 0 Å². The number of hydrogen-bond acceptors (Lipinski definition) is 4. The number of aryl methyl sites for hydroxylation is 1. The molecule has 14 heavy (non-hydrogen) atoms. The quantitative estimate of drug-likeness (QED) is 0.744. The highest BCUT2D eigenvalue weighted by Crippen LogP contribution is 2.17. The van der Waals surface area contributed by atoms with Crippen molar-refractivity contribution >= 4 is 5.82 Å². The average Bonchev–Trinajstić information content (AvgIpc) is 2.70. The normalized spacial score (nSPS) is 21.1. The Morgan fingerprint density at radius 2 is 2.21 bits per heavy atom. The van der Waals surface area contributed by atoms with Gasteiger partial charge in [0.1, 0.15) is 5.82 Å². The van der Waals surface area contributed by atoms with Gasteiger partial charge in [-0.2, -0.15) is 0 Å². The Labute approximate surface area is 84.4 Å². The average molecular weight is 192 g/mol. The topological polar surface area (TPSA) is 41.1 Å². The van der Waals surface area contributed by atoms with Crippen molar-refractivity contribution < 1.29 is 0 Å². The third-order valence-electron chi connectivity index (χ3n) is 2.77. The summed E-state index contributed by atoms with van der Waals surface area (Å²) >= 11 is 0. The molecule has 0 radical (unpaired) electrons. The molecule has 1 fully saturated rings. The van der Waals surface area contributed by atoms with Crippen LogP contribution in [0.4, 0.5) is 5.82 Å². The van der Waals surface area contributed by atoms with E-state index in [1.165, 1.54) is 6.42 Å². The fraction of sp³-hybridized carbons (Fsp3) is 0.600. The lowest BCUT2D eigenvalue weighted by molar-refractivity contribution is 0.673. The van der Waals surface area contributed by atoms with Crippen LogP contribution in [-0.2, 0) is 0 Å². The number of aromatic nitrogens is 2. The van der Waals surface area contributed by atoms with Gasteiger partial charge in [-0.3, -0.25) is 4.98 Å². The van der Waals surface area contributed by atoms with Crippen LogP contribution in [0.3, 0.4) is 0 Å². The number of rotatable bonds is 2. The maximum absolute atomic E-state index is 4.36. The molecule has 1 aromatic rings. The largest absolute Gasteiger partial charge is 0.354 e. The smallest absolute Gasteiger partial charge is 0.150 e. The van der Waals surface area contributed by atoms with Crippen LogP contribution in [0.1, 0.15) is 12.1 Å². The minimum atomic E-state index is 0.561. The van der Waals surface area contributed by atoms with Gasteiger partial charge >= 0.3 is 0 Å². The van der Waals surface area contributed by atoms with Crippen molar-refractivity contribution in [1.82, 2.24) is 15.3 Å². The molecule has 1 N–H and O–H groups in total. The van der Waals surface area contributed by atoms with E-state index in [9.17, 15) is 0 Å². The summed E-state index contributed by atoms with van der Waals surface area (Å²) in [6.45, 7) is 4.15. The van der Waals surface area contributed by atoms with Gasteiger partial charge in [0.05, 0.1) is 5.69 Å². The second-order valence-electron chi connectivity index (χ2n) is 3.72. The van der Waals surface area contributed by atoms with E-state index in [1.807, 2.05) is 6.92 Å². The Morgan fingerprint density at radius 3 is 2.86 bits per heavy atom. The van der Waals surface area contributed by atoms with E-state index in [0.717, 1.165) is 24.6 Å². The van der Waals surface area contributed by atoms with Gasteiger partial charge in [-0.15, -0.1) is 0 Å². The highest BCUT2D eigenvalue weighted by molar-refractivity contribution is 5.42. The van der Waals surface area contributed by atoms with E-state index in [2.05, 4.69) is 27.2 Å². The number of likely N-dealkylation sites (N-methyl/N-ethyl adjacent to an activating group) is 1. The Bertz CT molecular complexity index is 307. The zero-order valence-electron chi connectivity index (χ0n) is 8.70. The molecular formula is C10H16N4. The monoisotopic (exact) mass is 192 g/mol. The molecule has 2 rings (SSSR count). The van der Waals surface area contributed by atoms with Gasteiger partial charge < -0.3 is 10.2 Å². The van der Waals surface area contributed by atoms with E-state index in [0.29, 0.717) is 6.04 Å². The van der Waals surface area contributed by atoms with Crippen molar-refractivity contribution in [2.75, 3.05) is 25.0 Å². The van der Waals surface area contributed by atoms with E-state index in [-0.39, 0.29) is 0 Å². The van der Waals surface area contributed by atoms with Crippen LogP contribution in [0, 0.1) is 6.92 Å². The maximum Gasteiger partial charge on any atom is 0.150 e. The van der Waals surface area contributed by atoms with Crippen molar-refractivity contribution in [3.8, 4) is 0 Å². The molecule has 0 aliphatic carbocycles. The van der Waals surface area contributed by atoms with Gasteiger partial charge in [0, 0.05) is 32.0 Å². The number of hydrogen-bond donors (Lipinski definition) is 1. The summed E-state index contributed by atoms with van der Waals surface area (Å²) in [5.74, 6) is 1.00. The first-order valence-corrected chi connectivity index (χ1v) is 5.00. The maximum atomic E-state index is 4.36. The lowest BCUT2D eigenvalue weighted by Crippen LogP contribution is -2.34. The van der Waals surface area contributed by atoms with Crippen LogP contribution < -0.4 is 10.2 Å². The summed E-state index contributed by atoms with van der Waals surface area (Å²) in [5, 5.41) is 3.35. The molecule has 1 saturated heterocycles. The number of nitrogens with one attached hydrogen (secondary N) is 1. The minimum Gasteiger partial charge on any atom is -0.354 e. The molecule has 1 aliphatic rings. The highest BCUT2D eigenvalue weighted by atomic mass is 15.2. The predicted molar refractivity (Wildman–Crippen MR) is 56.4 cm³/mol. The van der Waals surface area contributed by atoms with Gasteiger partial charge in [-0.25, -0.2) is 4.98 Å². The minimum absolute atomic E-state index is 0.561. The Kier molecular flexibility index (Phi) is 2.63. The van der Waals surface area contributed by atoms with Crippen LogP contribution in [0.5, 0.6) is 0 Å². The predicted octanol–water partition coefficient (Wildman–Crippen LogP) is 0.583. The molecule has 4 nitrogen and oxygen atoms in total. The van der Waals surface area contributed by atoms with Gasteiger partial charge in [-0.05, 0) is 19.9 Å². The second kappa shape index (κ2) is 3.92. The summed E-state index contributed by atoms with van der Waals surface area (Å²) < 4.78 is 0. The second-order valence-corrected chi connectivity index (χ2v) is 3.72. The molecule has 1 atom stereocenters. The zero-order valence-corrected chi connectivity index (χ0v) is 8.70. The van der Waals surface area contributed by atoms with Gasteiger partial charge in [0.15, 0.2) is 0 Å². The first-order chi connectivity index (χ1) is 6.79. The van der Waals surface area contributed by atoms with E-state index >= 15 is 0 Å². The van der Waals surface area contributed by atoms with Crippen molar-refractivity contribution in [3.63, 3.8) is 0 Å². The van der Waals surface area contributed by atoms with E-state index in [1.54, 1.807) is 12.4 Å². The Balaban J connectivity index is 2.17. The third kappa shape index (κ3) is 1.70. The summed E-state index contributed by atoms with van der Waals surface area (Å²) in [4.78, 5) is 10.8. The van der Waals surface area contributed by atoms with Crippen LogP contribution in [0.15, 0.2) is 12.4 Å². The summed E-state index contributed by atoms with van der Waals surface area (Å²) in [6.07, 6.45) is 4.67. The molecule has 0 spiro atoms. The molecule has 76 valence electrons. The van der Waals surface area contributed by atoms with Crippen molar-refractivity contribution in [2.24, 2.45) is 0 Å². The first-order valence-electron chi connectivity index (χ1n) is 5.00. The fourth-order valence-electron chi connectivity index (χ4n) is 1.89. The molecule has 1 aromatic heterocycles. The standard InChI is InChI=1S/C10H16N4/c1-8-10(13-6-5-12-8)14(2)9-3-4-11-7-9/h5-6,9,11H,3-4,7H2,1-2H3/t9-/m1/s1. The molecule has 0 bridgehead atoms. The molecule has 4 heteroatoms. The lowest BCUT2D eigenvalue weighted by Gasteiger charge is -2.25. The van der Waals surface area contributed by atoms with Gasteiger partial charge in [0.25, 0.3) is 0 Å². The summed E-state index contributed by atoms with van der Waals surface area (Å²) in [6, 6.07) is 0.561. The molecule has 0 aromatic carbocycles. The van der Waals surface area contributed by atoms with Crippen molar-refractivity contribution in [3.05, 3.63) is 18.1 Å². The Morgan fingerprint density at radius 1 is 1.43 bits per heavy atom. The summed E-state index contributed by atoms with van der Waals surface area (Å²) in [7, 11) is 2.09. The van der Waals surface area contributed by atoms with E-state index < -0.39 is 0 Å². The molecule has 1 aliphatic heterocycles. The SMILES string of the molecule is Cc1nccnc1N(C)[C@@H]1CCNC1. The van der Waals surface area contributed by atoms with Crippen LogP contribution in [-0.4, -0.2) is 36.1 Å². The van der Waals surface area contributed by atoms with Crippen molar-refractivity contribution in [2.45, 2.75) is 19.4 Å². The Hall–Kier alpha value is -1.16. The van der Waals surface area contributed by atoms with Crippen LogP contribution >= 0.6 is 0 Å². The lowest BCUT2D eigenvalue weighted by atomic mass is 10.2. The first kappa shape index (κ1) is 9.40. The fourth-order valence-corrected chi connectivity index (χ4v) is 1.89. The van der Waals surface area contributed by atoms with E-state index in [4.69, 9.17) is 0 Å². The molecule has 0 amide bonds. The number of anilines is 1. The highest BCUT2D eigenvalue weighted by Gasteiger charge is 2.21. The van der Waals surface area contributed by atoms with Gasteiger partial charge in [0.2, 0.25) is 0 Å². The molecule has 0 saturated carbocycles. The number of nitrogens with zero attached hydrogens (tertiary/aromatic N) is 3. The molecule has 2 heterocycles. The van der Waals surface area contributed by atoms with Gasteiger partial charge in [-0.1, -0.05) is 0 Å². The zero-order chi connectivity index (χ0) is 9.97. The molecular weight excluding hydrogens is 176 g/mol.